The summed E-state index contributed by atoms with van der Waals surface area (Å²) in [5, 5.41) is 0. The molecule has 2 rings (SSSR count). The molecule has 1 aliphatic rings. The second-order valence-electron chi connectivity index (χ2n) is 5.43. The molecule has 0 aliphatic carbocycles. The van der Waals surface area contributed by atoms with Crippen molar-refractivity contribution >= 4 is 0 Å². The van der Waals surface area contributed by atoms with Gasteiger partial charge in [0, 0.05) is 31.0 Å². The lowest BCUT2D eigenvalue weighted by atomic mass is 9.88. The Hall–Kier alpha value is -0.890. The molecule has 2 heteroatoms. The van der Waals surface area contributed by atoms with Crippen LogP contribution in [-0.2, 0) is 13.0 Å². The molecule has 0 aromatic carbocycles. The Morgan fingerprint density at radius 2 is 2.00 bits per heavy atom. The first-order valence-electron chi connectivity index (χ1n) is 6.27. The Kier molecular flexibility index (Phi) is 3.29. The van der Waals surface area contributed by atoms with E-state index in [1.807, 2.05) is 12.4 Å². The molecule has 1 aliphatic heterocycles. The first-order valence-corrected chi connectivity index (χ1v) is 6.27. The summed E-state index contributed by atoms with van der Waals surface area (Å²) in [7, 11) is 0. The van der Waals surface area contributed by atoms with Crippen LogP contribution in [0.5, 0.6) is 0 Å². The SMILES string of the molecule is CC(C)C1Cc2ccncc2CN1C(C)C. The summed E-state index contributed by atoms with van der Waals surface area (Å²) in [5.74, 6) is 0.712. The van der Waals surface area contributed by atoms with Crippen LogP contribution >= 0.6 is 0 Å². The van der Waals surface area contributed by atoms with Crippen LogP contribution in [0.4, 0.5) is 0 Å². The Morgan fingerprint density at radius 3 is 2.62 bits per heavy atom. The van der Waals surface area contributed by atoms with E-state index in [1.54, 1.807) is 0 Å². The van der Waals surface area contributed by atoms with Crippen molar-refractivity contribution in [3.63, 3.8) is 0 Å². The molecule has 0 fully saturated rings. The molecule has 1 aromatic rings. The highest BCUT2D eigenvalue weighted by molar-refractivity contribution is 5.27. The van der Waals surface area contributed by atoms with Gasteiger partial charge in [0.1, 0.15) is 0 Å². The third-order valence-electron chi connectivity index (χ3n) is 3.65. The van der Waals surface area contributed by atoms with Gasteiger partial charge in [-0.05, 0) is 43.4 Å². The quantitative estimate of drug-likeness (QED) is 0.759. The van der Waals surface area contributed by atoms with E-state index in [1.165, 1.54) is 17.5 Å². The summed E-state index contributed by atoms with van der Waals surface area (Å²) in [5.41, 5.74) is 2.90. The first kappa shape index (κ1) is 11.6. The van der Waals surface area contributed by atoms with E-state index in [0.29, 0.717) is 18.0 Å². The second kappa shape index (κ2) is 4.54. The zero-order chi connectivity index (χ0) is 11.7. The largest absolute Gasteiger partial charge is 0.293 e. The van der Waals surface area contributed by atoms with Gasteiger partial charge in [-0.3, -0.25) is 9.88 Å². The van der Waals surface area contributed by atoms with E-state index in [4.69, 9.17) is 0 Å². The molecule has 1 aromatic heterocycles. The van der Waals surface area contributed by atoms with E-state index >= 15 is 0 Å². The molecule has 0 radical (unpaired) electrons. The topological polar surface area (TPSA) is 16.1 Å². The highest BCUT2D eigenvalue weighted by Crippen LogP contribution is 2.28. The molecule has 1 unspecified atom stereocenters. The minimum atomic E-state index is 0.612. The van der Waals surface area contributed by atoms with Crippen molar-refractivity contribution in [1.29, 1.82) is 0 Å². The highest BCUT2D eigenvalue weighted by Gasteiger charge is 2.29. The van der Waals surface area contributed by atoms with E-state index in [0.717, 1.165) is 6.54 Å². The molecule has 2 heterocycles. The van der Waals surface area contributed by atoms with Gasteiger partial charge in [-0.15, -0.1) is 0 Å². The standard InChI is InChI=1S/C14H22N2/c1-10(2)14-7-12-5-6-15-8-13(12)9-16(14)11(3)4/h5-6,8,10-11,14H,7,9H2,1-4H3. The van der Waals surface area contributed by atoms with Crippen LogP contribution in [0.1, 0.15) is 38.8 Å². The normalized spacial score (nSPS) is 21.5. The van der Waals surface area contributed by atoms with Gasteiger partial charge >= 0.3 is 0 Å². The number of aromatic nitrogens is 1. The van der Waals surface area contributed by atoms with Crippen LogP contribution < -0.4 is 0 Å². The van der Waals surface area contributed by atoms with Crippen LogP contribution in [0.2, 0.25) is 0 Å². The lowest BCUT2D eigenvalue weighted by Gasteiger charge is -2.41. The lowest BCUT2D eigenvalue weighted by Crippen LogP contribution is -2.47. The summed E-state index contributed by atoms with van der Waals surface area (Å²) in [6.45, 7) is 10.3. The van der Waals surface area contributed by atoms with Gasteiger partial charge in [-0.2, -0.15) is 0 Å². The minimum Gasteiger partial charge on any atom is -0.293 e. The van der Waals surface area contributed by atoms with Crippen LogP contribution in [0.15, 0.2) is 18.5 Å². The number of hydrogen-bond acceptors (Lipinski definition) is 2. The maximum Gasteiger partial charge on any atom is 0.0315 e. The van der Waals surface area contributed by atoms with Crippen LogP contribution in [-0.4, -0.2) is 22.0 Å². The number of hydrogen-bond donors (Lipinski definition) is 0. The van der Waals surface area contributed by atoms with Crippen molar-refractivity contribution < 1.29 is 0 Å². The zero-order valence-corrected chi connectivity index (χ0v) is 10.8. The van der Waals surface area contributed by atoms with Gasteiger partial charge in [0.2, 0.25) is 0 Å². The fraction of sp³-hybridized carbons (Fsp3) is 0.643. The maximum atomic E-state index is 4.24. The van der Waals surface area contributed by atoms with Crippen molar-refractivity contribution in [3.05, 3.63) is 29.6 Å². The van der Waals surface area contributed by atoms with Crippen molar-refractivity contribution in [2.75, 3.05) is 0 Å². The molecule has 0 N–H and O–H groups in total. The van der Waals surface area contributed by atoms with Crippen molar-refractivity contribution in [1.82, 2.24) is 9.88 Å². The summed E-state index contributed by atoms with van der Waals surface area (Å²) < 4.78 is 0. The van der Waals surface area contributed by atoms with E-state index < -0.39 is 0 Å². The summed E-state index contributed by atoms with van der Waals surface area (Å²) in [4.78, 5) is 6.84. The zero-order valence-electron chi connectivity index (χ0n) is 10.8. The lowest BCUT2D eigenvalue weighted by molar-refractivity contribution is 0.0970. The van der Waals surface area contributed by atoms with Gasteiger partial charge in [-0.25, -0.2) is 0 Å². The molecule has 0 saturated carbocycles. The molecular formula is C14H22N2. The van der Waals surface area contributed by atoms with Crippen molar-refractivity contribution in [2.24, 2.45) is 5.92 Å². The molecule has 1 atom stereocenters. The van der Waals surface area contributed by atoms with Crippen LogP contribution in [0.25, 0.3) is 0 Å². The molecule has 0 bridgehead atoms. The third kappa shape index (κ3) is 2.12. The summed E-state index contributed by atoms with van der Waals surface area (Å²) in [6.07, 6.45) is 5.12. The molecule has 0 spiro atoms. The smallest absolute Gasteiger partial charge is 0.0315 e. The monoisotopic (exact) mass is 218 g/mol. The first-order chi connectivity index (χ1) is 7.59. The number of nitrogens with zero attached hydrogens (tertiary/aromatic N) is 2. The third-order valence-corrected chi connectivity index (χ3v) is 3.65. The fourth-order valence-corrected chi connectivity index (χ4v) is 2.64. The highest BCUT2D eigenvalue weighted by atomic mass is 15.2. The van der Waals surface area contributed by atoms with Crippen molar-refractivity contribution in [2.45, 2.75) is 52.7 Å². The molecule has 88 valence electrons. The van der Waals surface area contributed by atoms with Gasteiger partial charge < -0.3 is 0 Å². The predicted molar refractivity (Wildman–Crippen MR) is 67.2 cm³/mol. The molecule has 2 nitrogen and oxygen atoms in total. The molecule has 16 heavy (non-hydrogen) atoms. The number of pyridine rings is 1. The Balaban J connectivity index is 2.29. The molecule has 0 saturated heterocycles. The van der Waals surface area contributed by atoms with Gasteiger partial charge in [0.25, 0.3) is 0 Å². The summed E-state index contributed by atoms with van der Waals surface area (Å²) in [6, 6.07) is 3.47. The average molecular weight is 218 g/mol. The Morgan fingerprint density at radius 1 is 1.25 bits per heavy atom. The van der Waals surface area contributed by atoms with Gasteiger partial charge in [-0.1, -0.05) is 13.8 Å². The predicted octanol–water partition coefficient (Wildman–Crippen LogP) is 2.87. The van der Waals surface area contributed by atoms with E-state index in [-0.39, 0.29) is 0 Å². The average Bonchev–Trinajstić information content (AvgIpc) is 2.27. The van der Waals surface area contributed by atoms with E-state index in [2.05, 4.69) is 43.6 Å². The molecular weight excluding hydrogens is 196 g/mol. The van der Waals surface area contributed by atoms with Crippen molar-refractivity contribution in [3.8, 4) is 0 Å². The second-order valence-corrected chi connectivity index (χ2v) is 5.43. The van der Waals surface area contributed by atoms with Gasteiger partial charge in [0.05, 0.1) is 0 Å². The van der Waals surface area contributed by atoms with E-state index in [9.17, 15) is 0 Å². The Bertz CT molecular complexity index is 323. The van der Waals surface area contributed by atoms with Crippen LogP contribution in [0, 0.1) is 5.92 Å². The van der Waals surface area contributed by atoms with Crippen LogP contribution in [0.3, 0.4) is 0 Å². The number of rotatable bonds is 2. The number of fused-ring (bicyclic) bond motifs is 1. The Labute approximate surface area is 98.7 Å². The minimum absolute atomic E-state index is 0.612. The maximum absolute atomic E-state index is 4.24. The molecule has 0 amide bonds. The van der Waals surface area contributed by atoms with Gasteiger partial charge in [0.15, 0.2) is 0 Å². The summed E-state index contributed by atoms with van der Waals surface area (Å²) >= 11 is 0. The fourth-order valence-electron chi connectivity index (χ4n) is 2.64.